The van der Waals surface area contributed by atoms with Gasteiger partial charge in [0.25, 0.3) is 0 Å². The van der Waals surface area contributed by atoms with Crippen molar-refractivity contribution in [2.75, 3.05) is 19.6 Å². The molecule has 1 saturated carbocycles. The molecule has 1 heterocycles. The largest absolute Gasteiger partial charge is 0.311 e. The number of nitrogens with zero attached hydrogens (tertiary/aromatic N) is 1. The second-order valence-electron chi connectivity index (χ2n) is 6.72. The molecule has 2 unspecified atom stereocenters. The van der Waals surface area contributed by atoms with Crippen LogP contribution in [0.4, 0.5) is 0 Å². The van der Waals surface area contributed by atoms with Gasteiger partial charge in [0.15, 0.2) is 0 Å². The Hall–Kier alpha value is -0.0800. The number of rotatable bonds is 4. The molecule has 0 bridgehead atoms. The summed E-state index contributed by atoms with van der Waals surface area (Å²) in [6.45, 7) is 10.8. The van der Waals surface area contributed by atoms with E-state index in [4.69, 9.17) is 0 Å². The summed E-state index contributed by atoms with van der Waals surface area (Å²) in [7, 11) is 0. The Balaban J connectivity index is 1.95. The number of hydrogen-bond donors (Lipinski definition) is 1. The van der Waals surface area contributed by atoms with Crippen LogP contribution in [0.2, 0.25) is 0 Å². The normalized spacial score (nSPS) is 32.0. The van der Waals surface area contributed by atoms with Gasteiger partial charge in [-0.25, -0.2) is 0 Å². The first kappa shape index (κ1) is 14.3. The van der Waals surface area contributed by atoms with Gasteiger partial charge in [0.2, 0.25) is 0 Å². The molecule has 2 rings (SSSR count). The molecule has 0 radical (unpaired) electrons. The van der Waals surface area contributed by atoms with Crippen molar-refractivity contribution in [1.82, 2.24) is 10.2 Å². The minimum atomic E-state index is 0.705. The fourth-order valence-electron chi connectivity index (χ4n) is 3.83. The zero-order chi connectivity index (χ0) is 13.0. The Morgan fingerprint density at radius 2 is 1.89 bits per heavy atom. The van der Waals surface area contributed by atoms with Gasteiger partial charge in [-0.1, -0.05) is 40.0 Å². The van der Waals surface area contributed by atoms with Crippen LogP contribution in [0.25, 0.3) is 0 Å². The summed E-state index contributed by atoms with van der Waals surface area (Å²) in [5, 5.41) is 3.81. The molecule has 2 nitrogen and oxygen atoms in total. The summed E-state index contributed by atoms with van der Waals surface area (Å²) in [6.07, 6.45) is 8.65. The van der Waals surface area contributed by atoms with E-state index in [0.717, 1.165) is 17.9 Å². The fraction of sp³-hybridized carbons (Fsp3) is 1.00. The van der Waals surface area contributed by atoms with Crippen LogP contribution >= 0.6 is 0 Å². The molecule has 2 atom stereocenters. The van der Waals surface area contributed by atoms with E-state index >= 15 is 0 Å². The second-order valence-corrected chi connectivity index (χ2v) is 6.72. The number of piperazine rings is 1. The van der Waals surface area contributed by atoms with Crippen molar-refractivity contribution in [1.29, 1.82) is 0 Å². The lowest BCUT2D eigenvalue weighted by molar-refractivity contribution is 0.0617. The minimum Gasteiger partial charge on any atom is -0.311 e. The van der Waals surface area contributed by atoms with Crippen molar-refractivity contribution >= 4 is 0 Å². The maximum atomic E-state index is 3.81. The van der Waals surface area contributed by atoms with E-state index in [0.29, 0.717) is 6.04 Å². The van der Waals surface area contributed by atoms with Gasteiger partial charge in [-0.3, -0.25) is 4.90 Å². The fourth-order valence-corrected chi connectivity index (χ4v) is 3.83. The molecule has 0 aromatic carbocycles. The van der Waals surface area contributed by atoms with Crippen LogP contribution in [0.5, 0.6) is 0 Å². The highest BCUT2D eigenvalue weighted by molar-refractivity contribution is 4.91. The van der Waals surface area contributed by atoms with E-state index in [2.05, 4.69) is 31.0 Å². The van der Waals surface area contributed by atoms with Crippen molar-refractivity contribution in [2.24, 2.45) is 11.8 Å². The number of nitrogens with one attached hydrogen (secondary N) is 1. The molecule has 0 aromatic heterocycles. The van der Waals surface area contributed by atoms with E-state index in [1.807, 2.05) is 0 Å². The van der Waals surface area contributed by atoms with Gasteiger partial charge < -0.3 is 5.32 Å². The lowest BCUT2D eigenvalue weighted by Gasteiger charge is -2.46. The van der Waals surface area contributed by atoms with E-state index in [1.165, 1.54) is 58.2 Å². The molecule has 1 aliphatic heterocycles. The molecule has 0 amide bonds. The SMILES string of the molecule is CCCN1CC(C(C)C)NCC1C1CCCCC1. The first-order valence-electron chi connectivity index (χ1n) is 8.19. The van der Waals surface area contributed by atoms with Crippen molar-refractivity contribution in [3.05, 3.63) is 0 Å². The topological polar surface area (TPSA) is 15.3 Å². The molecule has 18 heavy (non-hydrogen) atoms. The smallest absolute Gasteiger partial charge is 0.0249 e. The Bertz CT molecular complexity index is 233. The van der Waals surface area contributed by atoms with Crippen LogP contribution in [0, 0.1) is 11.8 Å². The molecule has 2 fully saturated rings. The average Bonchev–Trinajstić information content (AvgIpc) is 2.40. The van der Waals surface area contributed by atoms with E-state index in [-0.39, 0.29) is 0 Å². The summed E-state index contributed by atoms with van der Waals surface area (Å²) >= 11 is 0. The Labute approximate surface area is 114 Å². The Morgan fingerprint density at radius 3 is 2.50 bits per heavy atom. The lowest BCUT2D eigenvalue weighted by Crippen LogP contribution is -2.60. The summed E-state index contributed by atoms with van der Waals surface area (Å²) < 4.78 is 0. The zero-order valence-electron chi connectivity index (χ0n) is 12.6. The monoisotopic (exact) mass is 252 g/mol. The van der Waals surface area contributed by atoms with Crippen LogP contribution in [0.1, 0.15) is 59.3 Å². The average molecular weight is 252 g/mol. The summed E-state index contributed by atoms with van der Waals surface area (Å²) in [5.41, 5.74) is 0. The molecule has 1 saturated heterocycles. The molecule has 1 aliphatic carbocycles. The third-order valence-electron chi connectivity index (χ3n) is 5.00. The van der Waals surface area contributed by atoms with Gasteiger partial charge in [0.1, 0.15) is 0 Å². The van der Waals surface area contributed by atoms with Gasteiger partial charge in [0.05, 0.1) is 0 Å². The highest BCUT2D eigenvalue weighted by Gasteiger charge is 2.34. The van der Waals surface area contributed by atoms with E-state index in [1.54, 1.807) is 0 Å². The first-order valence-corrected chi connectivity index (χ1v) is 8.19. The zero-order valence-corrected chi connectivity index (χ0v) is 12.6. The van der Waals surface area contributed by atoms with Gasteiger partial charge in [-0.15, -0.1) is 0 Å². The molecular weight excluding hydrogens is 220 g/mol. The summed E-state index contributed by atoms with van der Waals surface area (Å²) in [6, 6.07) is 1.52. The first-order chi connectivity index (χ1) is 8.72. The van der Waals surface area contributed by atoms with Crippen LogP contribution in [0.15, 0.2) is 0 Å². The van der Waals surface area contributed by atoms with Gasteiger partial charge >= 0.3 is 0 Å². The maximum Gasteiger partial charge on any atom is 0.0249 e. The molecule has 2 aliphatic rings. The molecule has 1 N–H and O–H groups in total. The quantitative estimate of drug-likeness (QED) is 0.826. The summed E-state index contributed by atoms with van der Waals surface area (Å²) in [4.78, 5) is 2.80. The van der Waals surface area contributed by atoms with Gasteiger partial charge in [-0.2, -0.15) is 0 Å². The standard InChI is InChI=1S/C16H32N2/c1-4-10-18-12-15(13(2)3)17-11-16(18)14-8-6-5-7-9-14/h13-17H,4-12H2,1-3H3. The lowest BCUT2D eigenvalue weighted by atomic mass is 9.81. The van der Waals surface area contributed by atoms with E-state index < -0.39 is 0 Å². The molecule has 0 spiro atoms. The second kappa shape index (κ2) is 6.91. The van der Waals surface area contributed by atoms with Crippen LogP contribution in [0.3, 0.4) is 0 Å². The van der Waals surface area contributed by atoms with Crippen molar-refractivity contribution in [2.45, 2.75) is 71.4 Å². The van der Waals surface area contributed by atoms with Crippen LogP contribution < -0.4 is 5.32 Å². The molecule has 0 aromatic rings. The predicted molar refractivity (Wildman–Crippen MR) is 78.9 cm³/mol. The third-order valence-corrected chi connectivity index (χ3v) is 5.00. The predicted octanol–water partition coefficient (Wildman–Crippen LogP) is 3.28. The summed E-state index contributed by atoms with van der Waals surface area (Å²) in [5.74, 6) is 1.72. The van der Waals surface area contributed by atoms with Crippen molar-refractivity contribution < 1.29 is 0 Å². The van der Waals surface area contributed by atoms with Crippen molar-refractivity contribution in [3.8, 4) is 0 Å². The third kappa shape index (κ3) is 3.48. The molecule has 2 heteroatoms. The molecular formula is C16H32N2. The highest BCUT2D eigenvalue weighted by Crippen LogP contribution is 2.30. The van der Waals surface area contributed by atoms with Gasteiger partial charge in [-0.05, 0) is 37.6 Å². The van der Waals surface area contributed by atoms with E-state index in [9.17, 15) is 0 Å². The van der Waals surface area contributed by atoms with Crippen molar-refractivity contribution in [3.63, 3.8) is 0 Å². The number of hydrogen-bond acceptors (Lipinski definition) is 2. The Kier molecular flexibility index (Phi) is 5.50. The minimum absolute atomic E-state index is 0.705. The van der Waals surface area contributed by atoms with Crippen LogP contribution in [-0.4, -0.2) is 36.6 Å². The van der Waals surface area contributed by atoms with Gasteiger partial charge in [0, 0.05) is 25.2 Å². The maximum absolute atomic E-state index is 3.81. The highest BCUT2D eigenvalue weighted by atomic mass is 15.2. The Morgan fingerprint density at radius 1 is 1.17 bits per heavy atom. The molecule has 106 valence electrons. The van der Waals surface area contributed by atoms with Crippen LogP contribution in [-0.2, 0) is 0 Å².